The van der Waals surface area contributed by atoms with Crippen molar-refractivity contribution in [2.45, 2.75) is 32.2 Å². The lowest BCUT2D eigenvalue weighted by Crippen LogP contribution is -2.46. The lowest BCUT2D eigenvalue weighted by Gasteiger charge is -2.34. The minimum Gasteiger partial charge on any atom is -0.466 e. The van der Waals surface area contributed by atoms with Crippen molar-refractivity contribution in [3.05, 3.63) is 11.6 Å². The van der Waals surface area contributed by atoms with Gasteiger partial charge in [0, 0.05) is 30.9 Å². The van der Waals surface area contributed by atoms with Crippen LogP contribution in [0.2, 0.25) is 0 Å². The number of esters is 1. The zero-order valence-corrected chi connectivity index (χ0v) is 10.3. The van der Waals surface area contributed by atoms with Gasteiger partial charge in [-0.15, -0.1) is 0 Å². The van der Waals surface area contributed by atoms with Crippen LogP contribution in [0, 0.1) is 0 Å². The van der Waals surface area contributed by atoms with E-state index in [0.29, 0.717) is 12.1 Å². The fraction of sp³-hybridized carbons (Fsp3) is 0.750. The van der Waals surface area contributed by atoms with Crippen molar-refractivity contribution < 1.29 is 14.3 Å². The standard InChI is InChI=1S/C12H21NO3/c1-10(11(14)15-3)4-7-13-12(2)5-8-16-9-6-12/h4,13H,5-9H2,1-3H3. The second-order valence-electron chi connectivity index (χ2n) is 4.43. The van der Waals surface area contributed by atoms with Gasteiger partial charge in [-0.05, 0) is 26.7 Å². The Balaban J connectivity index is 2.36. The molecule has 1 fully saturated rings. The van der Waals surface area contributed by atoms with Crippen LogP contribution in [0.5, 0.6) is 0 Å². The third-order valence-electron chi connectivity index (χ3n) is 3.04. The number of ether oxygens (including phenoxy) is 2. The highest BCUT2D eigenvalue weighted by Crippen LogP contribution is 2.19. The van der Waals surface area contributed by atoms with Gasteiger partial charge in [0.05, 0.1) is 7.11 Å². The average Bonchev–Trinajstić information content (AvgIpc) is 2.28. The number of carbonyl (C=O) groups is 1. The van der Waals surface area contributed by atoms with Gasteiger partial charge >= 0.3 is 5.97 Å². The Morgan fingerprint density at radius 1 is 1.50 bits per heavy atom. The summed E-state index contributed by atoms with van der Waals surface area (Å²) in [6, 6.07) is 0. The highest BCUT2D eigenvalue weighted by atomic mass is 16.5. The van der Waals surface area contributed by atoms with Crippen molar-refractivity contribution >= 4 is 5.97 Å². The molecule has 0 aromatic carbocycles. The quantitative estimate of drug-likeness (QED) is 0.580. The van der Waals surface area contributed by atoms with E-state index < -0.39 is 0 Å². The molecular formula is C12H21NO3. The van der Waals surface area contributed by atoms with Crippen molar-refractivity contribution in [2.24, 2.45) is 0 Å². The van der Waals surface area contributed by atoms with Crippen LogP contribution in [0.1, 0.15) is 26.7 Å². The van der Waals surface area contributed by atoms with Crippen LogP contribution < -0.4 is 5.32 Å². The molecule has 0 radical (unpaired) electrons. The Kier molecular flexibility index (Phi) is 4.96. The average molecular weight is 227 g/mol. The molecule has 1 aliphatic heterocycles. The van der Waals surface area contributed by atoms with Gasteiger partial charge < -0.3 is 14.8 Å². The van der Waals surface area contributed by atoms with Crippen molar-refractivity contribution in [3.8, 4) is 0 Å². The predicted molar refractivity (Wildman–Crippen MR) is 62.2 cm³/mol. The van der Waals surface area contributed by atoms with Crippen molar-refractivity contribution in [2.75, 3.05) is 26.9 Å². The van der Waals surface area contributed by atoms with E-state index in [4.69, 9.17) is 4.74 Å². The third kappa shape index (κ3) is 3.94. The summed E-state index contributed by atoms with van der Waals surface area (Å²) in [6.07, 6.45) is 3.89. The van der Waals surface area contributed by atoms with E-state index in [1.54, 1.807) is 6.92 Å². The fourth-order valence-corrected chi connectivity index (χ4v) is 1.69. The third-order valence-corrected chi connectivity index (χ3v) is 3.04. The van der Waals surface area contributed by atoms with E-state index in [1.165, 1.54) is 7.11 Å². The summed E-state index contributed by atoms with van der Waals surface area (Å²) >= 11 is 0. The molecule has 16 heavy (non-hydrogen) atoms. The topological polar surface area (TPSA) is 47.6 Å². The van der Waals surface area contributed by atoms with Crippen molar-refractivity contribution in [1.29, 1.82) is 0 Å². The van der Waals surface area contributed by atoms with Gasteiger partial charge in [-0.1, -0.05) is 6.08 Å². The second-order valence-corrected chi connectivity index (χ2v) is 4.43. The summed E-state index contributed by atoms with van der Waals surface area (Å²) in [6.45, 7) is 6.26. The van der Waals surface area contributed by atoms with E-state index in [2.05, 4.69) is 17.0 Å². The summed E-state index contributed by atoms with van der Waals surface area (Å²) in [5.74, 6) is -0.265. The SMILES string of the molecule is COC(=O)C(C)=CCNC1(C)CCOCC1. The monoisotopic (exact) mass is 227 g/mol. The Morgan fingerprint density at radius 2 is 2.12 bits per heavy atom. The van der Waals surface area contributed by atoms with Crippen molar-refractivity contribution in [1.82, 2.24) is 5.32 Å². The van der Waals surface area contributed by atoms with Crippen LogP contribution in [-0.4, -0.2) is 38.4 Å². The number of carbonyl (C=O) groups excluding carboxylic acids is 1. The highest BCUT2D eigenvalue weighted by Gasteiger charge is 2.25. The van der Waals surface area contributed by atoms with E-state index in [9.17, 15) is 4.79 Å². The molecule has 1 saturated heterocycles. The maximum Gasteiger partial charge on any atom is 0.333 e. The van der Waals surface area contributed by atoms with E-state index >= 15 is 0 Å². The first-order valence-electron chi connectivity index (χ1n) is 5.65. The lowest BCUT2D eigenvalue weighted by molar-refractivity contribution is -0.136. The Labute approximate surface area is 97.0 Å². The number of nitrogens with one attached hydrogen (secondary N) is 1. The molecule has 1 rings (SSSR count). The van der Waals surface area contributed by atoms with Gasteiger partial charge in [0.15, 0.2) is 0 Å². The number of methoxy groups -OCH3 is 1. The normalized spacial score (nSPS) is 20.6. The zero-order valence-electron chi connectivity index (χ0n) is 10.3. The van der Waals surface area contributed by atoms with Crippen LogP contribution in [-0.2, 0) is 14.3 Å². The second kappa shape index (κ2) is 6.01. The molecule has 0 spiro atoms. The van der Waals surface area contributed by atoms with E-state index in [1.807, 2.05) is 6.08 Å². The van der Waals surface area contributed by atoms with Crippen LogP contribution in [0.4, 0.5) is 0 Å². The number of hydrogen-bond acceptors (Lipinski definition) is 4. The largest absolute Gasteiger partial charge is 0.466 e. The van der Waals surface area contributed by atoms with Crippen molar-refractivity contribution in [3.63, 3.8) is 0 Å². The minimum absolute atomic E-state index is 0.130. The number of rotatable bonds is 4. The summed E-state index contributed by atoms with van der Waals surface area (Å²) in [4.78, 5) is 11.1. The first-order chi connectivity index (χ1) is 7.57. The summed E-state index contributed by atoms with van der Waals surface area (Å²) in [5.41, 5.74) is 0.774. The van der Waals surface area contributed by atoms with Gasteiger partial charge in [-0.25, -0.2) is 4.79 Å². The van der Waals surface area contributed by atoms with E-state index in [-0.39, 0.29) is 11.5 Å². The maximum atomic E-state index is 11.1. The smallest absolute Gasteiger partial charge is 0.333 e. The first kappa shape index (κ1) is 13.2. The molecule has 0 bridgehead atoms. The molecule has 0 aromatic rings. The van der Waals surface area contributed by atoms with Crippen LogP contribution >= 0.6 is 0 Å². The minimum atomic E-state index is -0.265. The van der Waals surface area contributed by atoms with Gasteiger partial charge in [0.25, 0.3) is 0 Å². The van der Waals surface area contributed by atoms with Crippen LogP contribution in [0.15, 0.2) is 11.6 Å². The first-order valence-corrected chi connectivity index (χ1v) is 5.65. The van der Waals surface area contributed by atoms with E-state index in [0.717, 1.165) is 26.1 Å². The summed E-state index contributed by atoms with van der Waals surface area (Å²) < 4.78 is 9.94. The Hall–Kier alpha value is -0.870. The summed E-state index contributed by atoms with van der Waals surface area (Å²) in [7, 11) is 1.40. The fourth-order valence-electron chi connectivity index (χ4n) is 1.69. The Morgan fingerprint density at radius 3 is 2.69 bits per heavy atom. The molecule has 1 N–H and O–H groups in total. The molecule has 0 saturated carbocycles. The molecule has 0 aliphatic carbocycles. The van der Waals surface area contributed by atoms with Crippen LogP contribution in [0.3, 0.4) is 0 Å². The molecule has 1 aliphatic rings. The van der Waals surface area contributed by atoms with Gasteiger partial charge in [-0.2, -0.15) is 0 Å². The van der Waals surface area contributed by atoms with Gasteiger partial charge in [0.1, 0.15) is 0 Å². The Bertz CT molecular complexity index is 267. The zero-order chi connectivity index (χ0) is 12.0. The molecule has 0 unspecified atom stereocenters. The molecule has 92 valence electrons. The lowest BCUT2D eigenvalue weighted by atomic mass is 9.92. The molecule has 0 aromatic heterocycles. The highest BCUT2D eigenvalue weighted by molar-refractivity contribution is 5.87. The number of hydrogen-bond donors (Lipinski definition) is 1. The predicted octanol–water partition coefficient (Wildman–Crippen LogP) is 1.26. The molecule has 1 heterocycles. The maximum absolute atomic E-state index is 11.1. The molecule has 0 atom stereocenters. The van der Waals surface area contributed by atoms with Crippen LogP contribution in [0.25, 0.3) is 0 Å². The molecule has 4 nitrogen and oxygen atoms in total. The van der Waals surface area contributed by atoms with Gasteiger partial charge in [0.2, 0.25) is 0 Å². The molecular weight excluding hydrogens is 206 g/mol. The summed E-state index contributed by atoms with van der Waals surface area (Å²) in [5, 5.41) is 3.44. The molecule has 0 amide bonds. The van der Waals surface area contributed by atoms with Gasteiger partial charge in [-0.3, -0.25) is 0 Å². The molecule has 4 heteroatoms.